The molecule has 2 aliphatic heterocycles. The van der Waals surface area contributed by atoms with E-state index in [1.165, 1.54) is 23.2 Å². The summed E-state index contributed by atoms with van der Waals surface area (Å²) >= 11 is 0.886. The lowest BCUT2D eigenvalue weighted by atomic mass is 9.96. The van der Waals surface area contributed by atoms with Gasteiger partial charge >= 0.3 is 13.0 Å². The first-order valence-electron chi connectivity index (χ1n) is 11.5. The van der Waals surface area contributed by atoms with Crippen molar-refractivity contribution in [3.63, 3.8) is 0 Å². The van der Waals surface area contributed by atoms with Crippen LogP contribution in [0.4, 0.5) is 5.95 Å². The lowest BCUT2D eigenvalue weighted by molar-refractivity contribution is -0.144. The highest BCUT2D eigenvalue weighted by atomic mass is 32.7. The fourth-order valence-electron chi connectivity index (χ4n) is 4.17. The van der Waals surface area contributed by atoms with E-state index in [9.17, 15) is 24.7 Å². The van der Waals surface area contributed by atoms with Gasteiger partial charge in [0.15, 0.2) is 23.1 Å². The van der Waals surface area contributed by atoms with Gasteiger partial charge in [0.1, 0.15) is 41.9 Å². The highest BCUT2D eigenvalue weighted by Crippen LogP contribution is 2.68. The topological polar surface area (TPSA) is 207 Å². The number of aliphatic hydroxyl groups excluding tert-OH is 1. The van der Waals surface area contributed by atoms with E-state index in [0.717, 1.165) is 16.9 Å². The van der Waals surface area contributed by atoms with Crippen molar-refractivity contribution in [3.8, 4) is 0 Å². The third-order valence-corrected chi connectivity index (χ3v) is 9.63. The molecule has 1 fully saturated rings. The summed E-state index contributed by atoms with van der Waals surface area (Å²) in [4.78, 5) is 46.0. The minimum atomic E-state index is -3.39. The Morgan fingerprint density at radius 1 is 1.39 bits per heavy atom. The predicted octanol–water partition coefficient (Wildman–Crippen LogP) is 0.880. The Bertz CT molecular complexity index is 1450. The molecule has 2 aliphatic rings. The number of ether oxygens (including phenoxy) is 2. The van der Waals surface area contributed by atoms with Crippen molar-refractivity contribution in [3.05, 3.63) is 63.7 Å². The third-order valence-electron chi connectivity index (χ3n) is 6.22. The first-order valence-corrected chi connectivity index (χ1v) is 14.6. The number of nitrogen functional groups attached to an aromatic ring is 1. The van der Waals surface area contributed by atoms with E-state index >= 15 is 0 Å². The molecule has 202 valence electrons. The van der Waals surface area contributed by atoms with Crippen LogP contribution in [0, 0.1) is 0 Å². The molecule has 0 spiro atoms. The van der Waals surface area contributed by atoms with Gasteiger partial charge in [-0.2, -0.15) is 19.5 Å². The van der Waals surface area contributed by atoms with Gasteiger partial charge in [-0.15, -0.1) is 0 Å². The summed E-state index contributed by atoms with van der Waals surface area (Å²) in [5, 5.41) is 25.9. The number of carbonyl (C=O) groups excluding carboxylic acids is 1. The Labute approximate surface area is 220 Å². The molecule has 0 saturated carbocycles. The molecular formula is C22H26N6O8PS+. The number of aromatic nitrogens is 4. The van der Waals surface area contributed by atoms with Crippen molar-refractivity contribution in [2.45, 2.75) is 44.0 Å². The normalized spacial score (nSPS) is 29.7. The van der Waals surface area contributed by atoms with E-state index in [-0.39, 0.29) is 29.4 Å². The van der Waals surface area contributed by atoms with Crippen molar-refractivity contribution in [2.75, 3.05) is 12.3 Å². The molecule has 7 N–H and O–H groups in total. The molecule has 38 heavy (non-hydrogen) atoms. The monoisotopic (exact) mass is 565 g/mol. The average Bonchev–Trinajstić information content (AvgIpc) is 3.54. The van der Waals surface area contributed by atoms with Gasteiger partial charge in [0, 0.05) is 0 Å². The van der Waals surface area contributed by atoms with Crippen LogP contribution in [0.5, 0.6) is 0 Å². The van der Waals surface area contributed by atoms with E-state index < -0.39 is 48.7 Å². The number of aliphatic hydroxyl groups is 2. The number of rotatable bonds is 7. The van der Waals surface area contributed by atoms with Crippen molar-refractivity contribution < 1.29 is 33.9 Å². The van der Waals surface area contributed by atoms with Crippen LogP contribution in [0.1, 0.15) is 31.7 Å². The zero-order valence-electron chi connectivity index (χ0n) is 20.2. The van der Waals surface area contributed by atoms with Crippen LogP contribution in [0.2, 0.25) is 0 Å². The molecule has 1 saturated heterocycles. The van der Waals surface area contributed by atoms with E-state index in [0.29, 0.717) is 0 Å². The zero-order chi connectivity index (χ0) is 27.2. The number of anilines is 1. The van der Waals surface area contributed by atoms with Gasteiger partial charge in [-0.1, -0.05) is 30.3 Å². The minimum Gasteiger partial charge on any atom is -0.453 e. The Morgan fingerprint density at radius 2 is 2.13 bits per heavy atom. The fraction of sp³-hybridized carbons (Fsp3) is 0.364. The minimum absolute atomic E-state index is 0.0216. The van der Waals surface area contributed by atoms with Crippen molar-refractivity contribution in [1.29, 1.82) is 0 Å². The van der Waals surface area contributed by atoms with Gasteiger partial charge < -0.3 is 25.4 Å². The molecule has 4 heterocycles. The van der Waals surface area contributed by atoms with E-state index in [1.54, 1.807) is 6.92 Å². The van der Waals surface area contributed by atoms with Gasteiger partial charge in [-0.05, 0) is 19.4 Å². The molecule has 0 radical (unpaired) electrons. The van der Waals surface area contributed by atoms with Crippen LogP contribution in [0.25, 0.3) is 11.2 Å². The van der Waals surface area contributed by atoms with Crippen molar-refractivity contribution in [1.82, 2.24) is 24.6 Å². The summed E-state index contributed by atoms with van der Waals surface area (Å²) in [5.41, 5.74) is 4.11. The lowest BCUT2D eigenvalue weighted by Gasteiger charge is -2.27. The molecule has 1 aromatic carbocycles. The Morgan fingerprint density at radius 3 is 2.87 bits per heavy atom. The molecule has 5 rings (SSSR count). The summed E-state index contributed by atoms with van der Waals surface area (Å²) in [7, 11) is -3.39. The average molecular weight is 566 g/mol. The highest BCUT2D eigenvalue weighted by molar-refractivity contribution is 8.60. The van der Waals surface area contributed by atoms with Crippen molar-refractivity contribution >= 4 is 41.5 Å². The number of carbonyl (C=O) groups is 1. The van der Waals surface area contributed by atoms with E-state index in [1.807, 2.05) is 30.3 Å². The van der Waals surface area contributed by atoms with Crippen LogP contribution in [0.15, 0.2) is 52.6 Å². The number of H-pyrrole nitrogens is 1. The first-order chi connectivity index (χ1) is 18.0. The van der Waals surface area contributed by atoms with Crippen LogP contribution in [-0.2, 0) is 18.8 Å². The van der Waals surface area contributed by atoms with Crippen LogP contribution in [0.3, 0.4) is 0 Å². The highest BCUT2D eigenvalue weighted by Gasteiger charge is 2.56. The van der Waals surface area contributed by atoms with Gasteiger partial charge in [0.25, 0.3) is 5.56 Å². The lowest BCUT2D eigenvalue weighted by Crippen LogP contribution is -2.44. The number of nitrogens with two attached hydrogens (primary N) is 1. The van der Waals surface area contributed by atoms with E-state index in [2.05, 4.69) is 20.0 Å². The molecule has 0 amide bonds. The maximum absolute atomic E-state index is 12.6. The van der Waals surface area contributed by atoms with Gasteiger partial charge in [0.05, 0.1) is 11.7 Å². The Balaban J connectivity index is 1.23. The number of fused-ring (bicyclic) bond motifs is 1. The zero-order valence-corrected chi connectivity index (χ0v) is 21.9. The van der Waals surface area contributed by atoms with Gasteiger partial charge in [-0.25, -0.2) is 9.78 Å². The van der Waals surface area contributed by atoms with E-state index in [4.69, 9.17) is 19.7 Å². The second-order valence-corrected chi connectivity index (χ2v) is 13.1. The molecule has 0 aliphatic carbocycles. The number of nitrogens with zero attached hydrogens (tertiary/aromatic N) is 3. The smallest absolute Gasteiger partial charge is 0.440 e. The number of aromatic amines is 1. The quantitative estimate of drug-likeness (QED) is 0.174. The largest absolute Gasteiger partial charge is 0.453 e. The molecule has 6 atom stereocenters. The summed E-state index contributed by atoms with van der Waals surface area (Å²) in [6, 6.07) is 9.20. The van der Waals surface area contributed by atoms with Crippen molar-refractivity contribution in [2.24, 2.45) is 0 Å². The summed E-state index contributed by atoms with van der Waals surface area (Å²) in [5.74, 6) is -0.819. The summed E-state index contributed by atoms with van der Waals surface area (Å²) < 4.78 is 18.3. The number of nitrogens with one attached hydrogen (secondary N) is 2. The Hall–Kier alpha value is -3.04. The Kier molecular flexibility index (Phi) is 6.94. The number of esters is 1. The standard InChI is InChI=1S/C22H25N6O8PS/c1-11(12-6-4-3-5-7-12)35-19(31)13-9-38-37(33,27-13)34-8-14-16(29)22(2,32)20(36-14)28-10-24-15-17(28)25-21(23)26-18(15)30/h3-7,9-11,14,16,20,27,29,32-33H,8H2,1-2H3,(H2-,23,25,26,30)/p+1/t11-,14?,16+,20+,22+,37?/m0/s1. The van der Waals surface area contributed by atoms with Crippen LogP contribution < -0.4 is 16.4 Å². The second kappa shape index (κ2) is 9.93. The van der Waals surface area contributed by atoms with Gasteiger partial charge in [0.2, 0.25) is 5.95 Å². The SMILES string of the molecule is C[C@H](OC(=O)C1=CS[P+](O)(OCC2O[C@@H](n3cnc4c(=O)[nH]c(N)nc43)[C@](C)(O)[C@@H]2O)N1)c1ccccc1. The molecule has 0 bridgehead atoms. The predicted molar refractivity (Wildman–Crippen MR) is 138 cm³/mol. The van der Waals surface area contributed by atoms with Crippen LogP contribution >= 0.6 is 18.5 Å². The second-order valence-electron chi connectivity index (χ2n) is 9.00. The number of benzene rings is 1. The molecule has 2 aromatic heterocycles. The molecule has 3 aromatic rings. The van der Waals surface area contributed by atoms with Gasteiger partial charge in [-0.3, -0.25) is 14.3 Å². The fourth-order valence-corrected chi connectivity index (χ4v) is 7.21. The number of imidazole rings is 1. The molecular weight excluding hydrogens is 539 g/mol. The first kappa shape index (κ1) is 26.6. The van der Waals surface area contributed by atoms with Crippen LogP contribution in [-0.4, -0.2) is 65.0 Å². The maximum Gasteiger partial charge on any atom is 0.440 e. The number of hydrogen-bond donors (Lipinski definition) is 6. The number of hydrogen-bond acceptors (Lipinski definition) is 13. The maximum atomic E-state index is 12.6. The summed E-state index contributed by atoms with van der Waals surface area (Å²) in [6.07, 6.45) is -3.01. The molecule has 2 unspecified atom stereocenters. The summed E-state index contributed by atoms with van der Waals surface area (Å²) in [6.45, 7) is 2.75. The molecule has 14 nitrogen and oxygen atoms in total. The molecule has 16 heteroatoms. The third kappa shape index (κ3) is 4.89.